The van der Waals surface area contributed by atoms with E-state index in [9.17, 15) is 4.79 Å². The molecule has 1 fully saturated rings. The Labute approximate surface area is 198 Å². The highest BCUT2D eigenvalue weighted by atomic mass is 35.5. The third-order valence-corrected chi connectivity index (χ3v) is 6.44. The van der Waals surface area contributed by atoms with E-state index in [2.05, 4.69) is 6.92 Å². The molecule has 2 aromatic carbocycles. The summed E-state index contributed by atoms with van der Waals surface area (Å²) < 4.78 is 20.6. The average molecular weight is 477 g/mol. The van der Waals surface area contributed by atoms with Gasteiger partial charge in [-0.3, -0.25) is 4.99 Å². The molecule has 0 spiro atoms. The van der Waals surface area contributed by atoms with Crippen LogP contribution in [0.2, 0.25) is 10.0 Å². The second-order valence-electron chi connectivity index (χ2n) is 10.0. The van der Waals surface area contributed by atoms with Gasteiger partial charge in [-0.15, -0.1) is 0 Å². The lowest BCUT2D eigenvalue weighted by Crippen LogP contribution is -2.59. The molecule has 1 amide bonds. The molecule has 1 unspecified atom stereocenters. The number of carbonyl (C=O) groups excluding carboxylic acids is 1. The lowest BCUT2D eigenvalue weighted by molar-refractivity contribution is -0.0537. The first kappa shape index (κ1) is 23.1. The molecule has 0 bridgehead atoms. The van der Waals surface area contributed by atoms with Gasteiger partial charge < -0.3 is 9.64 Å². The van der Waals surface area contributed by atoms with E-state index in [1.54, 1.807) is 39.0 Å². The van der Waals surface area contributed by atoms with Crippen molar-refractivity contribution in [2.24, 2.45) is 4.99 Å². The molecule has 7 heteroatoms. The number of halogens is 3. The van der Waals surface area contributed by atoms with Crippen molar-refractivity contribution in [3.8, 4) is 0 Å². The van der Waals surface area contributed by atoms with Crippen LogP contribution >= 0.6 is 23.2 Å². The van der Waals surface area contributed by atoms with Crippen LogP contribution in [-0.2, 0) is 15.8 Å². The van der Waals surface area contributed by atoms with Gasteiger partial charge in [-0.1, -0.05) is 54.4 Å². The Hall–Kier alpha value is -2.11. The summed E-state index contributed by atoms with van der Waals surface area (Å²) in [4.78, 5) is 18.3. The highest BCUT2D eigenvalue weighted by molar-refractivity contribution is 6.34. The van der Waals surface area contributed by atoms with Crippen molar-refractivity contribution in [3.05, 3.63) is 69.2 Å². The second kappa shape index (κ2) is 8.03. The largest absolute Gasteiger partial charge is 0.444 e. The lowest BCUT2D eigenvalue weighted by atomic mass is 9.79. The summed E-state index contributed by atoms with van der Waals surface area (Å²) in [5.41, 5.74) is 1.23. The third kappa shape index (κ3) is 4.65. The summed E-state index contributed by atoms with van der Waals surface area (Å²) in [6.07, 6.45) is 0.263. The second-order valence-corrected chi connectivity index (χ2v) is 10.9. The summed E-state index contributed by atoms with van der Waals surface area (Å²) in [6, 6.07) is 13.0. The van der Waals surface area contributed by atoms with Crippen molar-refractivity contribution >= 4 is 35.0 Å². The average Bonchev–Trinajstić information content (AvgIpc) is 3.07. The Balaban J connectivity index is 1.42. The van der Waals surface area contributed by atoms with Crippen LogP contribution in [0, 0.1) is 0 Å². The molecule has 0 aromatic heterocycles. The molecule has 4 nitrogen and oxygen atoms in total. The standard InChI is InChI=1S/C25H27Cl2FN2O2/c1-23(2,3)32-22(31)30-14-25(28,15-30)17-7-5-16(6-8-17)21-12-24(4,13-29-21)18-9-19(26)11-20(27)10-18/h5-11H,12-15H2,1-4H3. The van der Waals surface area contributed by atoms with E-state index < -0.39 is 17.4 Å². The summed E-state index contributed by atoms with van der Waals surface area (Å²) in [7, 11) is 0. The van der Waals surface area contributed by atoms with Crippen molar-refractivity contribution in [3.63, 3.8) is 0 Å². The number of hydrogen-bond acceptors (Lipinski definition) is 3. The predicted molar refractivity (Wildman–Crippen MR) is 127 cm³/mol. The lowest BCUT2D eigenvalue weighted by Gasteiger charge is -2.44. The van der Waals surface area contributed by atoms with Gasteiger partial charge in [0.15, 0.2) is 5.67 Å². The minimum atomic E-state index is -1.56. The van der Waals surface area contributed by atoms with Crippen LogP contribution in [0.5, 0.6) is 0 Å². The maximum Gasteiger partial charge on any atom is 0.410 e. The Morgan fingerprint density at radius 1 is 1.06 bits per heavy atom. The monoisotopic (exact) mass is 476 g/mol. The van der Waals surface area contributed by atoms with Gasteiger partial charge in [0.05, 0.1) is 13.1 Å². The number of benzene rings is 2. The van der Waals surface area contributed by atoms with Crippen LogP contribution in [0.3, 0.4) is 0 Å². The van der Waals surface area contributed by atoms with E-state index in [0.29, 0.717) is 22.2 Å². The highest BCUT2D eigenvalue weighted by Crippen LogP contribution is 2.39. The van der Waals surface area contributed by atoms with E-state index >= 15 is 4.39 Å². The molecule has 170 valence electrons. The maximum atomic E-state index is 15.3. The number of carbonyl (C=O) groups is 1. The number of hydrogen-bond donors (Lipinski definition) is 0. The number of nitrogens with zero attached hydrogens (tertiary/aromatic N) is 2. The van der Waals surface area contributed by atoms with Crippen LogP contribution in [0.1, 0.15) is 50.8 Å². The van der Waals surface area contributed by atoms with Crippen molar-refractivity contribution in [1.29, 1.82) is 0 Å². The molecule has 4 rings (SSSR count). The Kier molecular flexibility index (Phi) is 5.79. The molecule has 2 heterocycles. The molecule has 1 atom stereocenters. The minimum absolute atomic E-state index is 0.00416. The molecule has 1 saturated heterocycles. The third-order valence-electron chi connectivity index (χ3n) is 6.01. The molecular formula is C25H27Cl2FN2O2. The number of amides is 1. The fourth-order valence-electron chi connectivity index (χ4n) is 4.20. The molecule has 0 radical (unpaired) electrons. The van der Waals surface area contributed by atoms with Gasteiger partial charge in [0.2, 0.25) is 0 Å². The smallest absolute Gasteiger partial charge is 0.410 e. The van der Waals surface area contributed by atoms with Crippen molar-refractivity contribution in [2.75, 3.05) is 19.6 Å². The topological polar surface area (TPSA) is 41.9 Å². The summed E-state index contributed by atoms with van der Waals surface area (Å²) in [5.74, 6) is 0. The SMILES string of the molecule is CC(C)(C)OC(=O)N1CC(F)(c2ccc(C3=NCC(C)(c4cc(Cl)cc(Cl)c4)C3)cc2)C1. The van der Waals surface area contributed by atoms with Crippen LogP contribution in [0.15, 0.2) is 47.5 Å². The first-order valence-electron chi connectivity index (χ1n) is 10.6. The summed E-state index contributed by atoms with van der Waals surface area (Å²) in [5, 5.41) is 1.22. The zero-order valence-electron chi connectivity index (χ0n) is 18.7. The number of aliphatic imine (C=N–C) groups is 1. The van der Waals surface area contributed by atoms with Gasteiger partial charge in [0.1, 0.15) is 5.60 Å². The van der Waals surface area contributed by atoms with Crippen LogP contribution in [-0.4, -0.2) is 41.9 Å². The van der Waals surface area contributed by atoms with Crippen LogP contribution in [0.25, 0.3) is 0 Å². The van der Waals surface area contributed by atoms with E-state index in [4.69, 9.17) is 32.9 Å². The zero-order chi connectivity index (χ0) is 23.3. The van der Waals surface area contributed by atoms with Gasteiger partial charge in [-0.05, 0) is 55.7 Å². The fraction of sp³-hybridized carbons (Fsp3) is 0.440. The quantitative estimate of drug-likeness (QED) is 0.503. The van der Waals surface area contributed by atoms with Crippen LogP contribution in [0.4, 0.5) is 9.18 Å². The van der Waals surface area contributed by atoms with Gasteiger partial charge in [-0.25, -0.2) is 9.18 Å². The van der Waals surface area contributed by atoms with Crippen LogP contribution < -0.4 is 0 Å². The van der Waals surface area contributed by atoms with Crippen molar-refractivity contribution in [2.45, 2.75) is 50.8 Å². The van der Waals surface area contributed by atoms with Gasteiger partial charge in [-0.2, -0.15) is 0 Å². The number of alkyl halides is 1. The fourth-order valence-corrected chi connectivity index (χ4v) is 4.72. The predicted octanol–water partition coefficient (Wildman–Crippen LogP) is 6.56. The van der Waals surface area contributed by atoms with E-state index in [1.165, 1.54) is 4.90 Å². The summed E-state index contributed by atoms with van der Waals surface area (Å²) in [6.45, 7) is 8.16. The Morgan fingerprint density at radius 2 is 1.66 bits per heavy atom. The van der Waals surface area contributed by atoms with Gasteiger partial charge >= 0.3 is 6.09 Å². The molecule has 0 aliphatic carbocycles. The van der Waals surface area contributed by atoms with Gasteiger partial charge in [0, 0.05) is 34.1 Å². The van der Waals surface area contributed by atoms with Crippen molar-refractivity contribution in [1.82, 2.24) is 4.90 Å². The number of ether oxygens (including phenoxy) is 1. The van der Waals surface area contributed by atoms with Gasteiger partial charge in [0.25, 0.3) is 0 Å². The van der Waals surface area contributed by atoms with Crippen molar-refractivity contribution < 1.29 is 13.9 Å². The molecule has 2 aromatic rings. The van der Waals surface area contributed by atoms with E-state index in [1.807, 2.05) is 24.3 Å². The molecule has 2 aliphatic heterocycles. The Morgan fingerprint density at radius 3 is 2.22 bits per heavy atom. The molecular weight excluding hydrogens is 450 g/mol. The first-order chi connectivity index (χ1) is 14.9. The zero-order valence-corrected chi connectivity index (χ0v) is 20.2. The highest BCUT2D eigenvalue weighted by Gasteiger charge is 2.48. The molecule has 0 N–H and O–H groups in total. The Bertz CT molecular complexity index is 1050. The van der Waals surface area contributed by atoms with E-state index in [0.717, 1.165) is 23.3 Å². The molecule has 0 saturated carbocycles. The number of likely N-dealkylation sites (tertiary alicyclic amines) is 1. The summed E-state index contributed by atoms with van der Waals surface area (Å²) >= 11 is 12.4. The number of rotatable bonds is 3. The normalized spacial score (nSPS) is 22.3. The maximum absolute atomic E-state index is 15.3. The minimum Gasteiger partial charge on any atom is -0.444 e. The van der Waals surface area contributed by atoms with E-state index in [-0.39, 0.29) is 18.5 Å². The first-order valence-corrected chi connectivity index (χ1v) is 11.4. The molecule has 32 heavy (non-hydrogen) atoms. The molecule has 2 aliphatic rings.